The van der Waals surface area contributed by atoms with Crippen molar-refractivity contribution >= 4 is 0 Å². The Morgan fingerprint density at radius 3 is 3.00 bits per heavy atom. The van der Waals surface area contributed by atoms with Crippen LogP contribution in [-0.4, -0.2) is 25.3 Å². The molecule has 82 valence electrons. The molecule has 1 saturated heterocycles. The van der Waals surface area contributed by atoms with Gasteiger partial charge in [-0.3, -0.25) is 0 Å². The average Bonchev–Trinajstić information content (AvgIpc) is 2.66. The van der Waals surface area contributed by atoms with Crippen LogP contribution in [0.15, 0.2) is 11.6 Å². The van der Waals surface area contributed by atoms with E-state index in [1.807, 2.05) is 0 Å². The molecule has 0 aliphatic carbocycles. The minimum absolute atomic E-state index is 0.376. The summed E-state index contributed by atoms with van der Waals surface area (Å²) in [6.45, 7) is 8.63. The van der Waals surface area contributed by atoms with Crippen LogP contribution in [0.5, 0.6) is 0 Å². The zero-order chi connectivity index (χ0) is 10.4. The Hall–Kier alpha value is -0.340. The summed E-state index contributed by atoms with van der Waals surface area (Å²) in [5.41, 5.74) is 1.41. The Kier molecular flexibility index (Phi) is 5.20. The summed E-state index contributed by atoms with van der Waals surface area (Å²) in [6, 6.07) is 0.485. The summed E-state index contributed by atoms with van der Waals surface area (Å²) < 4.78 is 5.57. The van der Waals surface area contributed by atoms with Crippen LogP contribution in [0.2, 0.25) is 0 Å². The molecule has 0 amide bonds. The molecule has 0 spiro atoms. The molecule has 2 unspecified atom stereocenters. The lowest BCUT2D eigenvalue weighted by Crippen LogP contribution is -2.28. The quantitative estimate of drug-likeness (QED) is 0.684. The first-order chi connectivity index (χ1) is 6.74. The van der Waals surface area contributed by atoms with Gasteiger partial charge in [-0.2, -0.15) is 0 Å². The van der Waals surface area contributed by atoms with Crippen LogP contribution in [-0.2, 0) is 4.74 Å². The molecule has 2 nitrogen and oxygen atoms in total. The molecule has 1 aliphatic rings. The number of nitrogens with one attached hydrogen (secondary N) is 1. The van der Waals surface area contributed by atoms with Crippen LogP contribution >= 0.6 is 0 Å². The number of hydrogen-bond donors (Lipinski definition) is 1. The minimum Gasteiger partial charge on any atom is -0.374 e. The fourth-order valence-electron chi connectivity index (χ4n) is 1.69. The lowest BCUT2D eigenvalue weighted by molar-refractivity contribution is 0.144. The highest BCUT2D eigenvalue weighted by Crippen LogP contribution is 2.15. The van der Waals surface area contributed by atoms with Gasteiger partial charge >= 0.3 is 0 Å². The van der Waals surface area contributed by atoms with Gasteiger partial charge in [-0.15, -0.1) is 0 Å². The van der Waals surface area contributed by atoms with Gasteiger partial charge in [0.2, 0.25) is 0 Å². The van der Waals surface area contributed by atoms with Crippen molar-refractivity contribution in [3.8, 4) is 0 Å². The maximum atomic E-state index is 5.57. The molecule has 1 aliphatic heterocycles. The first kappa shape index (κ1) is 11.7. The van der Waals surface area contributed by atoms with Gasteiger partial charge in [0, 0.05) is 12.6 Å². The van der Waals surface area contributed by atoms with Crippen LogP contribution in [0.1, 0.15) is 40.0 Å². The second-order valence-electron chi connectivity index (χ2n) is 4.14. The van der Waals surface area contributed by atoms with Crippen molar-refractivity contribution in [3.05, 3.63) is 11.6 Å². The topological polar surface area (TPSA) is 21.3 Å². The standard InChI is InChI=1S/C12H23NO/c1-4-7-13-11(3)10(2)9-12-6-5-8-14-12/h9,11-13H,4-8H2,1-3H3. The van der Waals surface area contributed by atoms with Crippen molar-refractivity contribution in [2.75, 3.05) is 13.2 Å². The summed E-state index contributed by atoms with van der Waals surface area (Å²) >= 11 is 0. The van der Waals surface area contributed by atoms with E-state index in [9.17, 15) is 0 Å². The Bertz CT molecular complexity index is 183. The minimum atomic E-state index is 0.376. The molecular weight excluding hydrogens is 174 g/mol. The lowest BCUT2D eigenvalue weighted by Gasteiger charge is -2.15. The average molecular weight is 197 g/mol. The zero-order valence-corrected chi connectivity index (χ0v) is 9.68. The van der Waals surface area contributed by atoms with Crippen molar-refractivity contribution in [1.29, 1.82) is 0 Å². The maximum Gasteiger partial charge on any atom is 0.0759 e. The molecule has 2 heteroatoms. The van der Waals surface area contributed by atoms with Gasteiger partial charge in [-0.25, -0.2) is 0 Å². The summed E-state index contributed by atoms with van der Waals surface area (Å²) in [6.07, 6.45) is 6.25. The predicted octanol–water partition coefficient (Wildman–Crippen LogP) is 2.50. The number of ether oxygens (including phenoxy) is 1. The molecule has 1 N–H and O–H groups in total. The Balaban J connectivity index is 2.33. The van der Waals surface area contributed by atoms with E-state index in [1.54, 1.807) is 0 Å². The SMILES string of the molecule is CCCNC(C)C(C)=CC1CCCO1. The van der Waals surface area contributed by atoms with Gasteiger partial charge in [0.15, 0.2) is 0 Å². The highest BCUT2D eigenvalue weighted by Gasteiger charge is 2.14. The third kappa shape index (κ3) is 3.81. The predicted molar refractivity (Wildman–Crippen MR) is 60.5 cm³/mol. The van der Waals surface area contributed by atoms with E-state index in [0.29, 0.717) is 12.1 Å². The van der Waals surface area contributed by atoms with Crippen LogP contribution in [0, 0.1) is 0 Å². The third-order valence-electron chi connectivity index (χ3n) is 2.80. The molecule has 14 heavy (non-hydrogen) atoms. The third-order valence-corrected chi connectivity index (χ3v) is 2.80. The molecule has 0 aromatic carbocycles. The van der Waals surface area contributed by atoms with E-state index in [1.165, 1.54) is 24.8 Å². The largest absolute Gasteiger partial charge is 0.374 e. The van der Waals surface area contributed by atoms with Gasteiger partial charge < -0.3 is 10.1 Å². The Morgan fingerprint density at radius 1 is 1.64 bits per heavy atom. The van der Waals surface area contributed by atoms with E-state index in [-0.39, 0.29) is 0 Å². The van der Waals surface area contributed by atoms with Crippen LogP contribution in [0.25, 0.3) is 0 Å². The van der Waals surface area contributed by atoms with Gasteiger partial charge in [0.25, 0.3) is 0 Å². The molecule has 1 fully saturated rings. The van der Waals surface area contributed by atoms with E-state index >= 15 is 0 Å². The van der Waals surface area contributed by atoms with Gasteiger partial charge in [0.1, 0.15) is 0 Å². The monoisotopic (exact) mass is 197 g/mol. The number of hydrogen-bond acceptors (Lipinski definition) is 2. The summed E-state index contributed by atoms with van der Waals surface area (Å²) in [4.78, 5) is 0. The van der Waals surface area contributed by atoms with E-state index < -0.39 is 0 Å². The van der Waals surface area contributed by atoms with Crippen molar-refractivity contribution in [2.45, 2.75) is 52.2 Å². The van der Waals surface area contributed by atoms with E-state index in [4.69, 9.17) is 4.74 Å². The highest BCUT2D eigenvalue weighted by molar-refractivity contribution is 5.09. The molecule has 1 rings (SSSR count). The van der Waals surface area contributed by atoms with Crippen molar-refractivity contribution in [1.82, 2.24) is 5.32 Å². The zero-order valence-electron chi connectivity index (χ0n) is 9.68. The van der Waals surface area contributed by atoms with Crippen molar-refractivity contribution < 1.29 is 4.74 Å². The molecule has 0 saturated carbocycles. The first-order valence-corrected chi connectivity index (χ1v) is 5.77. The van der Waals surface area contributed by atoms with Crippen molar-refractivity contribution in [2.24, 2.45) is 0 Å². The lowest BCUT2D eigenvalue weighted by atomic mass is 10.1. The normalized spacial score (nSPS) is 25.4. The van der Waals surface area contributed by atoms with Gasteiger partial charge in [0.05, 0.1) is 6.10 Å². The molecule has 0 radical (unpaired) electrons. The summed E-state index contributed by atoms with van der Waals surface area (Å²) in [5.74, 6) is 0. The smallest absolute Gasteiger partial charge is 0.0759 e. The fourth-order valence-corrected chi connectivity index (χ4v) is 1.69. The highest BCUT2D eigenvalue weighted by atomic mass is 16.5. The van der Waals surface area contributed by atoms with Gasteiger partial charge in [-0.1, -0.05) is 18.6 Å². The second-order valence-corrected chi connectivity index (χ2v) is 4.14. The molecule has 0 aromatic rings. The molecule has 2 atom stereocenters. The second kappa shape index (κ2) is 6.20. The van der Waals surface area contributed by atoms with Crippen molar-refractivity contribution in [3.63, 3.8) is 0 Å². The molecule has 0 bridgehead atoms. The first-order valence-electron chi connectivity index (χ1n) is 5.77. The van der Waals surface area contributed by atoms with Crippen LogP contribution in [0.3, 0.4) is 0 Å². The Morgan fingerprint density at radius 2 is 2.43 bits per heavy atom. The summed E-state index contributed by atoms with van der Waals surface area (Å²) in [7, 11) is 0. The number of rotatable bonds is 5. The van der Waals surface area contributed by atoms with E-state index in [2.05, 4.69) is 32.2 Å². The van der Waals surface area contributed by atoms with E-state index in [0.717, 1.165) is 13.2 Å². The van der Waals surface area contributed by atoms with Crippen LogP contribution in [0.4, 0.5) is 0 Å². The molecular formula is C12H23NO. The molecule has 0 aromatic heterocycles. The fraction of sp³-hybridized carbons (Fsp3) is 0.833. The maximum absolute atomic E-state index is 5.57. The summed E-state index contributed by atoms with van der Waals surface area (Å²) in [5, 5.41) is 3.48. The van der Waals surface area contributed by atoms with Gasteiger partial charge in [-0.05, 0) is 39.7 Å². The molecule has 1 heterocycles. The Labute approximate surface area is 87.7 Å². The van der Waals surface area contributed by atoms with Crippen LogP contribution < -0.4 is 5.32 Å².